The zero-order chi connectivity index (χ0) is 23.2. The summed E-state index contributed by atoms with van der Waals surface area (Å²) < 4.78 is 5.66. The van der Waals surface area contributed by atoms with Gasteiger partial charge in [-0.1, -0.05) is 67.8 Å². The van der Waals surface area contributed by atoms with Gasteiger partial charge in [0.05, 0.1) is 12.3 Å². The van der Waals surface area contributed by atoms with Gasteiger partial charge in [-0.2, -0.15) is 0 Å². The first-order chi connectivity index (χ1) is 16.0. The van der Waals surface area contributed by atoms with E-state index in [0.717, 1.165) is 30.4 Å². The van der Waals surface area contributed by atoms with E-state index in [4.69, 9.17) is 9.84 Å². The standard InChI is InChI=1S/C26H30N2O5/c29-24(30)14-15-27-25(31)21-12-2-1-3-13-23(21)28-26(32)33-16-22-19-10-6-4-8-17(19)18-9-5-7-11-20(18)22/h4-11,21-23H,1-3,12-16H2,(H,27,31)(H,28,32)(H,29,30)/t21-,23+/m1/s1. The Hall–Kier alpha value is -3.35. The van der Waals surface area contributed by atoms with Gasteiger partial charge >= 0.3 is 12.1 Å². The van der Waals surface area contributed by atoms with Crippen molar-refractivity contribution >= 4 is 18.0 Å². The number of amides is 2. The van der Waals surface area contributed by atoms with Crippen molar-refractivity contribution in [3.8, 4) is 11.1 Å². The molecule has 174 valence electrons. The fourth-order valence-corrected chi connectivity index (χ4v) is 5.01. The average Bonchev–Trinajstić information content (AvgIpc) is 2.94. The summed E-state index contributed by atoms with van der Waals surface area (Å²) in [7, 11) is 0. The van der Waals surface area contributed by atoms with E-state index in [-0.39, 0.29) is 43.4 Å². The van der Waals surface area contributed by atoms with Crippen LogP contribution in [0.5, 0.6) is 0 Å². The minimum absolute atomic E-state index is 0.0209. The highest BCUT2D eigenvalue weighted by Crippen LogP contribution is 2.44. The predicted octanol–water partition coefficient (Wildman–Crippen LogP) is 4.06. The second-order valence-electron chi connectivity index (χ2n) is 8.76. The summed E-state index contributed by atoms with van der Waals surface area (Å²) in [5.74, 6) is -1.57. The molecule has 7 heteroatoms. The van der Waals surface area contributed by atoms with Crippen LogP contribution in [0.1, 0.15) is 55.6 Å². The zero-order valence-electron chi connectivity index (χ0n) is 18.6. The Labute approximate surface area is 193 Å². The lowest BCUT2D eigenvalue weighted by Gasteiger charge is -2.25. The fraction of sp³-hybridized carbons (Fsp3) is 0.423. The lowest BCUT2D eigenvalue weighted by atomic mass is 9.94. The minimum Gasteiger partial charge on any atom is -0.481 e. The number of carboxylic acids is 1. The molecule has 33 heavy (non-hydrogen) atoms. The third-order valence-electron chi connectivity index (χ3n) is 6.64. The van der Waals surface area contributed by atoms with Gasteiger partial charge < -0.3 is 20.5 Å². The van der Waals surface area contributed by atoms with Crippen molar-refractivity contribution in [2.75, 3.05) is 13.2 Å². The van der Waals surface area contributed by atoms with Gasteiger partial charge in [0.15, 0.2) is 0 Å². The first-order valence-corrected chi connectivity index (χ1v) is 11.7. The number of carbonyl (C=O) groups excluding carboxylic acids is 2. The second kappa shape index (κ2) is 10.5. The SMILES string of the molecule is O=C(O)CCNC(=O)[C@@H]1CCCCC[C@@H]1NC(=O)OCC1c2ccccc2-c2ccccc21. The lowest BCUT2D eigenvalue weighted by Crippen LogP contribution is -2.47. The summed E-state index contributed by atoms with van der Waals surface area (Å²) in [6, 6.07) is 16.0. The molecule has 4 rings (SSSR count). The van der Waals surface area contributed by atoms with E-state index < -0.39 is 12.1 Å². The van der Waals surface area contributed by atoms with Crippen molar-refractivity contribution in [3.05, 3.63) is 59.7 Å². The molecule has 3 N–H and O–H groups in total. The summed E-state index contributed by atoms with van der Waals surface area (Å²) in [5, 5.41) is 14.4. The smallest absolute Gasteiger partial charge is 0.407 e. The van der Waals surface area contributed by atoms with Crippen LogP contribution in [-0.4, -0.2) is 42.3 Å². The Morgan fingerprint density at radius 2 is 1.55 bits per heavy atom. The van der Waals surface area contributed by atoms with Crippen LogP contribution in [0.15, 0.2) is 48.5 Å². The van der Waals surface area contributed by atoms with Crippen LogP contribution in [0.25, 0.3) is 11.1 Å². The lowest BCUT2D eigenvalue weighted by molar-refractivity contribution is -0.137. The van der Waals surface area contributed by atoms with Crippen molar-refractivity contribution in [3.63, 3.8) is 0 Å². The number of fused-ring (bicyclic) bond motifs is 3. The summed E-state index contributed by atoms with van der Waals surface area (Å²) in [6.45, 7) is 0.310. The van der Waals surface area contributed by atoms with E-state index in [1.165, 1.54) is 11.1 Å². The molecule has 0 radical (unpaired) electrons. The van der Waals surface area contributed by atoms with Crippen LogP contribution in [0.4, 0.5) is 4.79 Å². The molecular formula is C26H30N2O5. The summed E-state index contributed by atoms with van der Waals surface area (Å²) in [5.41, 5.74) is 4.64. The molecule has 0 unspecified atom stereocenters. The molecule has 2 aliphatic carbocycles. The number of alkyl carbamates (subject to hydrolysis) is 1. The number of aliphatic carboxylic acids is 1. The molecule has 0 aromatic heterocycles. The van der Waals surface area contributed by atoms with Gasteiger partial charge in [0, 0.05) is 18.5 Å². The molecule has 2 aromatic carbocycles. The molecule has 1 saturated carbocycles. The van der Waals surface area contributed by atoms with E-state index in [2.05, 4.69) is 34.9 Å². The molecule has 0 aliphatic heterocycles. The maximum Gasteiger partial charge on any atom is 0.407 e. The highest BCUT2D eigenvalue weighted by molar-refractivity contribution is 5.81. The van der Waals surface area contributed by atoms with Gasteiger partial charge in [-0.25, -0.2) is 4.79 Å². The zero-order valence-corrected chi connectivity index (χ0v) is 18.6. The Morgan fingerprint density at radius 1 is 0.909 bits per heavy atom. The van der Waals surface area contributed by atoms with Crippen LogP contribution < -0.4 is 10.6 Å². The van der Waals surface area contributed by atoms with E-state index in [0.29, 0.717) is 12.8 Å². The van der Waals surface area contributed by atoms with Crippen LogP contribution in [0.3, 0.4) is 0 Å². The molecule has 0 bridgehead atoms. The van der Waals surface area contributed by atoms with Crippen molar-refractivity contribution in [1.82, 2.24) is 10.6 Å². The Morgan fingerprint density at radius 3 is 2.21 bits per heavy atom. The summed E-state index contributed by atoms with van der Waals surface area (Å²) in [4.78, 5) is 36.1. The monoisotopic (exact) mass is 450 g/mol. The Bertz CT molecular complexity index is 976. The normalized spacial score (nSPS) is 19.6. The molecule has 1 fully saturated rings. The molecule has 7 nitrogen and oxygen atoms in total. The fourth-order valence-electron chi connectivity index (χ4n) is 5.01. The number of hydrogen-bond donors (Lipinski definition) is 3. The molecule has 0 saturated heterocycles. The molecule has 2 amide bonds. The second-order valence-corrected chi connectivity index (χ2v) is 8.76. The quantitative estimate of drug-likeness (QED) is 0.552. The van der Waals surface area contributed by atoms with Gasteiger partial charge in [-0.15, -0.1) is 0 Å². The van der Waals surface area contributed by atoms with E-state index in [1.54, 1.807) is 0 Å². The molecule has 2 aromatic rings. The molecule has 2 aliphatic rings. The van der Waals surface area contributed by atoms with Crippen molar-refractivity contribution in [1.29, 1.82) is 0 Å². The van der Waals surface area contributed by atoms with Gasteiger partial charge in [0.25, 0.3) is 0 Å². The third kappa shape index (κ3) is 5.35. The van der Waals surface area contributed by atoms with Crippen LogP contribution in [0.2, 0.25) is 0 Å². The van der Waals surface area contributed by atoms with E-state index in [9.17, 15) is 14.4 Å². The van der Waals surface area contributed by atoms with Crippen LogP contribution >= 0.6 is 0 Å². The molecule has 2 atom stereocenters. The molecule has 0 heterocycles. The predicted molar refractivity (Wildman–Crippen MR) is 124 cm³/mol. The van der Waals surface area contributed by atoms with Crippen molar-refractivity contribution in [2.45, 2.75) is 50.5 Å². The Balaban J connectivity index is 1.38. The van der Waals surface area contributed by atoms with Gasteiger partial charge in [0.1, 0.15) is 6.61 Å². The van der Waals surface area contributed by atoms with Crippen molar-refractivity contribution in [2.24, 2.45) is 5.92 Å². The minimum atomic E-state index is -0.954. The van der Waals surface area contributed by atoms with Gasteiger partial charge in [-0.3, -0.25) is 9.59 Å². The number of rotatable bonds is 7. The first kappa shape index (κ1) is 22.8. The van der Waals surface area contributed by atoms with Crippen LogP contribution in [0, 0.1) is 5.92 Å². The van der Waals surface area contributed by atoms with Gasteiger partial charge in [-0.05, 0) is 35.1 Å². The Kier molecular flexibility index (Phi) is 7.27. The number of ether oxygens (including phenoxy) is 1. The van der Waals surface area contributed by atoms with Crippen LogP contribution in [-0.2, 0) is 14.3 Å². The molecular weight excluding hydrogens is 420 g/mol. The number of carboxylic acid groups (broad SMARTS) is 1. The van der Waals surface area contributed by atoms with Crippen molar-refractivity contribution < 1.29 is 24.2 Å². The summed E-state index contributed by atoms with van der Waals surface area (Å²) in [6.07, 6.45) is 3.54. The van der Waals surface area contributed by atoms with E-state index in [1.807, 2.05) is 24.3 Å². The maximum absolute atomic E-state index is 12.7. The van der Waals surface area contributed by atoms with Gasteiger partial charge in [0.2, 0.25) is 5.91 Å². The number of nitrogens with one attached hydrogen (secondary N) is 2. The third-order valence-corrected chi connectivity index (χ3v) is 6.64. The largest absolute Gasteiger partial charge is 0.481 e. The first-order valence-electron chi connectivity index (χ1n) is 11.7. The highest BCUT2D eigenvalue weighted by Gasteiger charge is 2.32. The number of carbonyl (C=O) groups is 3. The molecule has 0 spiro atoms. The number of hydrogen-bond acceptors (Lipinski definition) is 4. The highest BCUT2D eigenvalue weighted by atomic mass is 16.5. The average molecular weight is 451 g/mol. The summed E-state index contributed by atoms with van der Waals surface area (Å²) >= 11 is 0. The van der Waals surface area contributed by atoms with E-state index >= 15 is 0 Å². The topological polar surface area (TPSA) is 105 Å². The maximum atomic E-state index is 12.7. The number of benzene rings is 2.